The highest BCUT2D eigenvalue weighted by Gasteiger charge is 2.09. The molecule has 8 nitrogen and oxygen atoms in total. The van der Waals surface area contributed by atoms with E-state index in [2.05, 4.69) is 67.6 Å². The van der Waals surface area contributed by atoms with E-state index in [1.165, 1.54) is 12.7 Å². The lowest BCUT2D eigenvalue weighted by atomic mass is 10.0. The van der Waals surface area contributed by atoms with Crippen molar-refractivity contribution in [3.05, 3.63) is 103 Å². The van der Waals surface area contributed by atoms with Crippen LogP contribution < -0.4 is 10.1 Å². The van der Waals surface area contributed by atoms with Crippen molar-refractivity contribution in [1.82, 2.24) is 19.9 Å². The molecule has 3 aromatic carbocycles. The highest BCUT2D eigenvalue weighted by molar-refractivity contribution is 5.90. The number of benzene rings is 3. The van der Waals surface area contributed by atoms with Gasteiger partial charge >= 0.3 is 5.97 Å². The van der Waals surface area contributed by atoms with Crippen molar-refractivity contribution in [3.8, 4) is 5.75 Å². The third-order valence-electron chi connectivity index (χ3n) is 8.50. The predicted molar refractivity (Wildman–Crippen MR) is 190 cm³/mol. The van der Waals surface area contributed by atoms with Crippen LogP contribution in [-0.4, -0.2) is 65.7 Å². The first kappa shape index (κ1) is 33.8. The van der Waals surface area contributed by atoms with Crippen LogP contribution in [0.5, 0.6) is 5.75 Å². The van der Waals surface area contributed by atoms with Gasteiger partial charge in [0.05, 0.1) is 30.4 Å². The fraction of sp³-hybridized carbons (Fsp3) is 0.385. The number of anilines is 1. The van der Waals surface area contributed by atoms with Crippen molar-refractivity contribution < 1.29 is 14.3 Å². The molecule has 0 spiro atoms. The van der Waals surface area contributed by atoms with Gasteiger partial charge in [0, 0.05) is 48.2 Å². The van der Waals surface area contributed by atoms with Crippen molar-refractivity contribution in [2.45, 2.75) is 57.8 Å². The van der Waals surface area contributed by atoms with Gasteiger partial charge in [0.2, 0.25) is 0 Å². The van der Waals surface area contributed by atoms with Crippen molar-refractivity contribution in [2.24, 2.45) is 0 Å². The molecule has 1 N–H and O–H groups in total. The minimum absolute atomic E-state index is 0.155. The molecule has 0 atom stereocenters. The van der Waals surface area contributed by atoms with Crippen molar-refractivity contribution in [2.75, 3.05) is 45.2 Å². The summed E-state index contributed by atoms with van der Waals surface area (Å²) in [6.45, 7) is 4.26. The van der Waals surface area contributed by atoms with Gasteiger partial charge in [-0.3, -0.25) is 9.78 Å². The zero-order valence-corrected chi connectivity index (χ0v) is 27.6. The maximum absolute atomic E-state index is 11.7. The quantitative estimate of drug-likeness (QED) is 0.0690. The molecule has 2 aromatic heterocycles. The Labute approximate surface area is 278 Å². The number of carbonyl (C=O) groups is 1. The van der Waals surface area contributed by atoms with E-state index in [0.717, 1.165) is 116 Å². The number of pyridine rings is 1. The standard InChI is InChI=1S/C39H47N5O3/c1-46-39(45)19-11-26-44(25-10-9-23-40-37-22-24-41-35-17-8-6-16-33(35)37)27-12-28-47-32-20-21-34-36(42-30-43-38(34)29-32)18-7-5-15-31-13-3-2-4-14-31/h2-4,6,8,13-14,16-17,20-22,24,29-30H,5,7,9-12,15,18-19,23,25-28H2,1H3,(H,40,41). The van der Waals surface area contributed by atoms with Crippen LogP contribution in [-0.2, 0) is 22.4 Å². The molecule has 5 aromatic rings. The molecule has 0 saturated heterocycles. The third-order valence-corrected chi connectivity index (χ3v) is 8.50. The fourth-order valence-electron chi connectivity index (χ4n) is 5.94. The Kier molecular flexibility index (Phi) is 13.3. The molecule has 5 rings (SSSR count). The number of rotatable bonds is 20. The first-order valence-corrected chi connectivity index (χ1v) is 17.0. The highest BCUT2D eigenvalue weighted by Crippen LogP contribution is 2.23. The van der Waals surface area contributed by atoms with E-state index in [0.29, 0.717) is 13.0 Å². The Bertz CT molecular complexity index is 1670. The SMILES string of the molecule is COC(=O)CCCN(CCCCNc1ccnc2ccccc12)CCCOc1ccc2c(CCCCc3ccccc3)ncnc2c1. The Morgan fingerprint density at radius 1 is 0.745 bits per heavy atom. The number of unbranched alkanes of at least 4 members (excludes halogenated alkanes) is 2. The minimum Gasteiger partial charge on any atom is -0.493 e. The summed E-state index contributed by atoms with van der Waals surface area (Å²) in [5, 5.41) is 5.83. The van der Waals surface area contributed by atoms with E-state index < -0.39 is 0 Å². The number of hydrogen-bond donors (Lipinski definition) is 1. The number of fused-ring (bicyclic) bond motifs is 2. The zero-order valence-electron chi connectivity index (χ0n) is 27.6. The first-order chi connectivity index (χ1) is 23.2. The predicted octanol–water partition coefficient (Wildman–Crippen LogP) is 7.66. The van der Waals surface area contributed by atoms with Gasteiger partial charge in [0.1, 0.15) is 12.1 Å². The molecule has 0 unspecified atom stereocenters. The van der Waals surface area contributed by atoms with Crippen LogP contribution in [0.3, 0.4) is 0 Å². The largest absolute Gasteiger partial charge is 0.493 e. The van der Waals surface area contributed by atoms with Gasteiger partial charge in [-0.25, -0.2) is 9.97 Å². The van der Waals surface area contributed by atoms with Crippen LogP contribution in [0, 0.1) is 0 Å². The summed E-state index contributed by atoms with van der Waals surface area (Å²) in [6.07, 6.45) is 12.0. The minimum atomic E-state index is -0.155. The van der Waals surface area contributed by atoms with E-state index in [1.807, 2.05) is 42.6 Å². The molecule has 0 fully saturated rings. The van der Waals surface area contributed by atoms with Crippen molar-refractivity contribution in [1.29, 1.82) is 0 Å². The lowest BCUT2D eigenvalue weighted by Crippen LogP contribution is -2.29. The summed E-state index contributed by atoms with van der Waals surface area (Å²) >= 11 is 0. The van der Waals surface area contributed by atoms with Crippen LogP contribution in [0.25, 0.3) is 21.8 Å². The number of aryl methyl sites for hydroxylation is 2. The molecule has 0 saturated carbocycles. The van der Waals surface area contributed by atoms with Gasteiger partial charge in [-0.05, 0) is 94.3 Å². The molecule has 0 aliphatic heterocycles. The van der Waals surface area contributed by atoms with Crippen molar-refractivity contribution in [3.63, 3.8) is 0 Å². The highest BCUT2D eigenvalue weighted by atomic mass is 16.5. The molecule has 246 valence electrons. The smallest absolute Gasteiger partial charge is 0.305 e. The fourth-order valence-corrected chi connectivity index (χ4v) is 5.94. The van der Waals surface area contributed by atoms with Gasteiger partial charge in [-0.15, -0.1) is 0 Å². The Morgan fingerprint density at radius 2 is 1.55 bits per heavy atom. The number of esters is 1. The maximum Gasteiger partial charge on any atom is 0.305 e. The number of ether oxygens (including phenoxy) is 2. The average molecular weight is 634 g/mol. The topological polar surface area (TPSA) is 89.5 Å². The average Bonchev–Trinajstić information content (AvgIpc) is 3.11. The number of nitrogens with zero attached hydrogens (tertiary/aromatic N) is 4. The Hall–Kier alpha value is -4.56. The third kappa shape index (κ3) is 10.7. The van der Waals surface area contributed by atoms with Crippen LogP contribution in [0.4, 0.5) is 5.69 Å². The molecule has 2 heterocycles. The van der Waals surface area contributed by atoms with Crippen LogP contribution in [0.15, 0.2) is 91.4 Å². The second-order valence-corrected chi connectivity index (χ2v) is 11.9. The lowest BCUT2D eigenvalue weighted by molar-refractivity contribution is -0.140. The molecule has 0 aliphatic rings. The van der Waals surface area contributed by atoms with E-state index in [1.54, 1.807) is 6.33 Å². The molecule has 47 heavy (non-hydrogen) atoms. The van der Waals surface area contributed by atoms with Gasteiger partial charge in [-0.1, -0.05) is 48.5 Å². The number of aromatic nitrogens is 3. The molecule has 0 aliphatic carbocycles. The normalized spacial score (nSPS) is 11.3. The number of hydrogen-bond acceptors (Lipinski definition) is 8. The Morgan fingerprint density at radius 3 is 2.45 bits per heavy atom. The van der Waals surface area contributed by atoms with E-state index in [9.17, 15) is 4.79 Å². The molecular weight excluding hydrogens is 586 g/mol. The van der Waals surface area contributed by atoms with E-state index in [-0.39, 0.29) is 5.97 Å². The second kappa shape index (κ2) is 18.6. The van der Waals surface area contributed by atoms with E-state index in [4.69, 9.17) is 9.47 Å². The summed E-state index contributed by atoms with van der Waals surface area (Å²) in [5.74, 6) is 0.677. The molecule has 0 amide bonds. The van der Waals surface area contributed by atoms with Gasteiger partial charge in [-0.2, -0.15) is 0 Å². The van der Waals surface area contributed by atoms with Crippen molar-refractivity contribution >= 4 is 33.5 Å². The molecule has 0 bridgehead atoms. The summed E-state index contributed by atoms with van der Waals surface area (Å²) in [6, 6.07) is 27.0. The second-order valence-electron chi connectivity index (χ2n) is 11.9. The van der Waals surface area contributed by atoms with Crippen LogP contribution in [0.2, 0.25) is 0 Å². The van der Waals surface area contributed by atoms with Gasteiger partial charge < -0.3 is 19.7 Å². The summed E-state index contributed by atoms with van der Waals surface area (Å²) in [5.41, 5.74) is 5.53. The van der Waals surface area contributed by atoms with Crippen LogP contribution in [0.1, 0.15) is 56.2 Å². The summed E-state index contributed by atoms with van der Waals surface area (Å²) in [7, 11) is 1.45. The van der Waals surface area contributed by atoms with Gasteiger partial charge in [0.25, 0.3) is 0 Å². The number of nitrogens with one attached hydrogen (secondary N) is 1. The summed E-state index contributed by atoms with van der Waals surface area (Å²) < 4.78 is 11.0. The summed E-state index contributed by atoms with van der Waals surface area (Å²) in [4.78, 5) is 27.7. The molecular formula is C39H47N5O3. The molecule has 0 radical (unpaired) electrons. The first-order valence-electron chi connectivity index (χ1n) is 17.0. The molecule has 8 heteroatoms. The number of carbonyl (C=O) groups excluding carboxylic acids is 1. The van der Waals surface area contributed by atoms with E-state index >= 15 is 0 Å². The number of para-hydroxylation sites is 1. The number of methoxy groups -OCH3 is 1. The Balaban J connectivity index is 1.05. The van der Waals surface area contributed by atoms with Crippen LogP contribution >= 0.6 is 0 Å². The zero-order chi connectivity index (χ0) is 32.5. The maximum atomic E-state index is 11.7. The monoisotopic (exact) mass is 633 g/mol. The van der Waals surface area contributed by atoms with Gasteiger partial charge in [0.15, 0.2) is 0 Å². The lowest BCUT2D eigenvalue weighted by Gasteiger charge is -2.22.